The topological polar surface area (TPSA) is 26.3 Å². The lowest BCUT2D eigenvalue weighted by Gasteiger charge is -2.16. The van der Waals surface area contributed by atoms with Crippen LogP contribution in [0.3, 0.4) is 0 Å². The van der Waals surface area contributed by atoms with Gasteiger partial charge in [-0.1, -0.05) is 48.9 Å². The third-order valence-corrected chi connectivity index (χ3v) is 4.53. The number of hydrogen-bond donors (Lipinski definition) is 0. The Morgan fingerprint density at radius 2 is 2.09 bits per heavy atom. The van der Waals surface area contributed by atoms with Crippen LogP contribution < -0.4 is 0 Å². The summed E-state index contributed by atoms with van der Waals surface area (Å²) >= 11 is 0. The van der Waals surface area contributed by atoms with E-state index >= 15 is 0 Å². The molecule has 2 heteroatoms. The lowest BCUT2D eigenvalue weighted by Crippen LogP contribution is -2.11. The monoisotopic (exact) mass is 298 g/mol. The quantitative estimate of drug-likeness (QED) is 0.650. The van der Waals surface area contributed by atoms with Crippen LogP contribution in [0.4, 0.5) is 0 Å². The highest BCUT2D eigenvalue weighted by Crippen LogP contribution is 2.33. The first-order valence-electron chi connectivity index (χ1n) is 8.09. The van der Waals surface area contributed by atoms with Crippen molar-refractivity contribution >= 4 is 5.78 Å². The van der Waals surface area contributed by atoms with Crippen LogP contribution in [0, 0.1) is 11.8 Å². The van der Waals surface area contributed by atoms with Crippen molar-refractivity contribution in [3.63, 3.8) is 0 Å². The van der Waals surface area contributed by atoms with E-state index in [1.54, 1.807) is 0 Å². The number of rotatable bonds is 8. The highest BCUT2D eigenvalue weighted by molar-refractivity contribution is 5.98. The summed E-state index contributed by atoms with van der Waals surface area (Å²) in [6, 6.07) is 10.2. The smallest absolute Gasteiger partial charge is 0.159 e. The molecule has 1 aromatic carbocycles. The van der Waals surface area contributed by atoms with Gasteiger partial charge in [0.2, 0.25) is 0 Å². The van der Waals surface area contributed by atoms with Crippen LogP contribution in [-0.4, -0.2) is 12.4 Å². The van der Waals surface area contributed by atoms with E-state index in [9.17, 15) is 4.79 Å². The van der Waals surface area contributed by atoms with E-state index in [-0.39, 0.29) is 11.7 Å². The number of benzene rings is 1. The number of allylic oxidation sites excluding steroid dienone is 2. The molecule has 2 rings (SSSR count). The van der Waals surface area contributed by atoms with Crippen LogP contribution in [-0.2, 0) is 16.1 Å². The minimum Gasteiger partial charge on any atom is -0.376 e. The molecular formula is C20H26O2. The zero-order valence-electron chi connectivity index (χ0n) is 13.7. The maximum atomic E-state index is 12.0. The average Bonchev–Trinajstić information content (AvgIpc) is 2.80. The fraction of sp³-hybridized carbons (Fsp3) is 0.450. The molecular weight excluding hydrogens is 272 g/mol. The Kier molecular flexibility index (Phi) is 6.14. The Morgan fingerprint density at radius 1 is 1.36 bits per heavy atom. The van der Waals surface area contributed by atoms with Gasteiger partial charge < -0.3 is 4.74 Å². The van der Waals surface area contributed by atoms with E-state index in [1.165, 1.54) is 11.1 Å². The van der Waals surface area contributed by atoms with Crippen molar-refractivity contribution in [1.29, 1.82) is 0 Å². The maximum absolute atomic E-state index is 12.0. The highest BCUT2D eigenvalue weighted by Gasteiger charge is 2.29. The molecule has 0 aliphatic heterocycles. The molecule has 1 aromatic rings. The van der Waals surface area contributed by atoms with Gasteiger partial charge in [-0.2, -0.15) is 0 Å². The molecule has 0 spiro atoms. The Labute approximate surface area is 133 Å². The Hall–Kier alpha value is -1.67. The molecule has 2 nitrogen and oxygen atoms in total. The lowest BCUT2D eigenvalue weighted by molar-refractivity contribution is -0.115. The fourth-order valence-corrected chi connectivity index (χ4v) is 2.93. The van der Waals surface area contributed by atoms with Crippen molar-refractivity contribution in [2.24, 2.45) is 11.8 Å². The van der Waals surface area contributed by atoms with Crippen LogP contribution in [0.15, 0.2) is 54.1 Å². The number of Topliss-reactive ketones (excluding diaryl/α,β-unsaturated/α-hetero) is 1. The molecule has 0 bridgehead atoms. The van der Waals surface area contributed by atoms with Gasteiger partial charge in [-0.25, -0.2) is 0 Å². The molecule has 118 valence electrons. The standard InChI is InChI=1S/C20H26O2/c1-4-15(2)10-11-19-16(3)20(21)12-18(19)14-22-13-17-8-6-5-7-9-17/h4-9,15,18H,1,10-14H2,2-3H3. The van der Waals surface area contributed by atoms with Crippen molar-refractivity contribution in [1.82, 2.24) is 0 Å². The molecule has 2 atom stereocenters. The van der Waals surface area contributed by atoms with E-state index in [4.69, 9.17) is 4.74 Å². The van der Waals surface area contributed by atoms with E-state index in [2.05, 4.69) is 25.6 Å². The second-order valence-electron chi connectivity index (χ2n) is 6.23. The summed E-state index contributed by atoms with van der Waals surface area (Å²) in [5.74, 6) is 1.03. The van der Waals surface area contributed by atoms with Gasteiger partial charge >= 0.3 is 0 Å². The first kappa shape index (κ1) is 16.7. The molecule has 0 N–H and O–H groups in total. The molecule has 0 heterocycles. The van der Waals surface area contributed by atoms with Gasteiger partial charge in [0, 0.05) is 12.3 Å². The lowest BCUT2D eigenvalue weighted by atomic mass is 9.93. The Morgan fingerprint density at radius 3 is 2.77 bits per heavy atom. The third kappa shape index (κ3) is 4.41. The largest absolute Gasteiger partial charge is 0.376 e. The molecule has 0 fully saturated rings. The fourth-order valence-electron chi connectivity index (χ4n) is 2.93. The van der Waals surface area contributed by atoms with Gasteiger partial charge in [-0.3, -0.25) is 4.79 Å². The van der Waals surface area contributed by atoms with Crippen LogP contribution >= 0.6 is 0 Å². The van der Waals surface area contributed by atoms with E-state index < -0.39 is 0 Å². The first-order valence-corrected chi connectivity index (χ1v) is 8.09. The third-order valence-electron chi connectivity index (χ3n) is 4.53. The zero-order valence-corrected chi connectivity index (χ0v) is 13.7. The van der Waals surface area contributed by atoms with Gasteiger partial charge in [0.15, 0.2) is 5.78 Å². The predicted molar refractivity (Wildman–Crippen MR) is 90.5 cm³/mol. The number of ketones is 1. The summed E-state index contributed by atoms with van der Waals surface area (Å²) in [6.45, 7) is 9.21. The van der Waals surface area contributed by atoms with Crippen molar-refractivity contribution < 1.29 is 9.53 Å². The van der Waals surface area contributed by atoms with Crippen LogP contribution in [0.25, 0.3) is 0 Å². The first-order chi connectivity index (χ1) is 10.6. The summed E-state index contributed by atoms with van der Waals surface area (Å²) in [7, 11) is 0. The van der Waals surface area contributed by atoms with Crippen molar-refractivity contribution in [2.45, 2.75) is 39.7 Å². The minimum absolute atomic E-state index is 0.258. The van der Waals surface area contributed by atoms with Crippen molar-refractivity contribution in [3.8, 4) is 0 Å². The molecule has 0 radical (unpaired) electrons. The minimum atomic E-state index is 0.258. The van der Waals surface area contributed by atoms with Gasteiger partial charge in [0.25, 0.3) is 0 Å². The summed E-state index contributed by atoms with van der Waals surface area (Å²) in [4.78, 5) is 12.0. The maximum Gasteiger partial charge on any atom is 0.159 e. The van der Waals surface area contributed by atoms with Crippen molar-refractivity contribution in [2.75, 3.05) is 6.61 Å². The normalized spacial score (nSPS) is 19.5. The summed E-state index contributed by atoms with van der Waals surface area (Å²) in [6.07, 6.45) is 4.62. The SMILES string of the molecule is C=CC(C)CCC1=C(C)C(=O)CC1COCc1ccccc1. The molecule has 0 amide bonds. The molecule has 2 unspecified atom stereocenters. The van der Waals surface area contributed by atoms with E-state index in [0.29, 0.717) is 25.6 Å². The van der Waals surface area contributed by atoms with Gasteiger partial charge in [0.05, 0.1) is 13.2 Å². The van der Waals surface area contributed by atoms with Crippen LogP contribution in [0.5, 0.6) is 0 Å². The van der Waals surface area contributed by atoms with E-state index in [0.717, 1.165) is 18.4 Å². The van der Waals surface area contributed by atoms with Crippen LogP contribution in [0.2, 0.25) is 0 Å². The number of carbonyl (C=O) groups excluding carboxylic acids is 1. The van der Waals surface area contributed by atoms with E-state index in [1.807, 2.05) is 31.2 Å². The summed E-state index contributed by atoms with van der Waals surface area (Å²) in [5, 5.41) is 0. The molecule has 0 saturated carbocycles. The zero-order chi connectivity index (χ0) is 15.9. The van der Waals surface area contributed by atoms with Crippen molar-refractivity contribution in [3.05, 3.63) is 59.7 Å². The second-order valence-corrected chi connectivity index (χ2v) is 6.23. The number of hydrogen-bond acceptors (Lipinski definition) is 2. The Balaban J connectivity index is 1.89. The Bertz CT molecular complexity index is 542. The molecule has 1 aliphatic rings. The van der Waals surface area contributed by atoms with Gasteiger partial charge in [-0.05, 0) is 36.8 Å². The molecule has 1 aliphatic carbocycles. The van der Waals surface area contributed by atoms with Gasteiger partial charge in [-0.15, -0.1) is 6.58 Å². The number of carbonyl (C=O) groups is 1. The second kappa shape index (κ2) is 8.09. The molecule has 0 aromatic heterocycles. The van der Waals surface area contributed by atoms with Gasteiger partial charge in [0.1, 0.15) is 0 Å². The number of ether oxygens (including phenoxy) is 1. The average molecular weight is 298 g/mol. The predicted octanol–water partition coefficient (Wildman–Crippen LogP) is 4.71. The van der Waals surface area contributed by atoms with Crippen LogP contribution in [0.1, 0.15) is 38.7 Å². The highest BCUT2D eigenvalue weighted by atomic mass is 16.5. The molecule has 22 heavy (non-hydrogen) atoms. The molecule has 0 saturated heterocycles. The summed E-state index contributed by atoms with van der Waals surface area (Å²) < 4.78 is 5.86. The summed E-state index contributed by atoms with van der Waals surface area (Å²) in [5.41, 5.74) is 3.44.